The Hall–Kier alpha value is -2.13. The van der Waals surface area contributed by atoms with E-state index in [4.69, 9.17) is 0 Å². The molecule has 4 rings (SSSR count). The summed E-state index contributed by atoms with van der Waals surface area (Å²) in [6, 6.07) is 4.67. The van der Waals surface area contributed by atoms with Crippen molar-refractivity contribution < 1.29 is 27.9 Å². The predicted molar refractivity (Wildman–Crippen MR) is 112 cm³/mol. The van der Waals surface area contributed by atoms with E-state index in [0.29, 0.717) is 23.8 Å². The molecule has 1 saturated heterocycles. The maximum absolute atomic E-state index is 12.8. The van der Waals surface area contributed by atoms with Crippen LogP contribution in [0.3, 0.4) is 0 Å². The Bertz CT molecular complexity index is 833. The first-order valence-electron chi connectivity index (χ1n) is 11.3. The van der Waals surface area contributed by atoms with Gasteiger partial charge in [-0.05, 0) is 68.1 Å². The number of halogens is 3. The molecule has 2 saturated carbocycles. The second-order valence-corrected chi connectivity index (χ2v) is 9.42. The number of amides is 2. The molecule has 2 amide bonds. The van der Waals surface area contributed by atoms with Crippen molar-refractivity contribution in [3.8, 4) is 0 Å². The summed E-state index contributed by atoms with van der Waals surface area (Å²) in [5.41, 5.74) is -1.03. The summed E-state index contributed by atoms with van der Waals surface area (Å²) >= 11 is 0. The van der Waals surface area contributed by atoms with Gasteiger partial charge in [0.05, 0.1) is 12.1 Å². The molecule has 0 radical (unpaired) electrons. The fourth-order valence-corrected chi connectivity index (χ4v) is 5.92. The lowest BCUT2D eigenvalue weighted by Gasteiger charge is -2.40. The van der Waals surface area contributed by atoms with E-state index in [0.717, 1.165) is 44.5 Å². The molecule has 3 unspecified atom stereocenters. The van der Waals surface area contributed by atoms with E-state index in [1.54, 1.807) is 0 Å². The fraction of sp³-hybridized carbons (Fsp3) is 0.652. The maximum atomic E-state index is 12.8. The molecule has 176 valence electrons. The van der Waals surface area contributed by atoms with Crippen LogP contribution in [0.4, 0.5) is 13.2 Å². The number of aliphatic hydroxyl groups is 1. The molecule has 9 heteroatoms. The van der Waals surface area contributed by atoms with Crippen molar-refractivity contribution in [3.05, 3.63) is 35.4 Å². The third kappa shape index (κ3) is 5.09. The van der Waals surface area contributed by atoms with Crippen LogP contribution in [0.25, 0.3) is 0 Å². The number of alkyl halides is 3. The van der Waals surface area contributed by atoms with E-state index in [1.807, 2.05) is 0 Å². The molecule has 3 fully saturated rings. The van der Waals surface area contributed by atoms with Crippen LogP contribution in [0.15, 0.2) is 24.3 Å². The summed E-state index contributed by atoms with van der Waals surface area (Å²) in [6.07, 6.45) is 0.882. The van der Waals surface area contributed by atoms with Gasteiger partial charge in [-0.1, -0.05) is 6.07 Å². The highest BCUT2D eigenvalue weighted by Crippen LogP contribution is 2.47. The lowest BCUT2D eigenvalue weighted by atomic mass is 9.77. The first kappa shape index (κ1) is 23.0. The molecule has 1 aromatic carbocycles. The molecule has 3 aliphatic rings. The molecule has 6 nitrogen and oxygen atoms in total. The van der Waals surface area contributed by atoms with Crippen molar-refractivity contribution in [1.29, 1.82) is 0 Å². The zero-order valence-corrected chi connectivity index (χ0v) is 17.9. The van der Waals surface area contributed by atoms with E-state index >= 15 is 0 Å². The molecule has 32 heavy (non-hydrogen) atoms. The van der Waals surface area contributed by atoms with Crippen LogP contribution in [0.5, 0.6) is 0 Å². The number of fused-ring (bicyclic) bond motifs is 2. The van der Waals surface area contributed by atoms with Crippen molar-refractivity contribution in [2.24, 2.45) is 17.8 Å². The Morgan fingerprint density at radius 2 is 1.84 bits per heavy atom. The number of hydrogen-bond donors (Lipinski definition) is 3. The largest absolute Gasteiger partial charge is 0.416 e. The van der Waals surface area contributed by atoms with Crippen LogP contribution in [0.1, 0.15) is 48.0 Å². The number of likely N-dealkylation sites (tertiary alicyclic amines) is 1. The van der Waals surface area contributed by atoms with Gasteiger partial charge in [-0.15, -0.1) is 0 Å². The number of hydrogen-bond acceptors (Lipinski definition) is 4. The average Bonchev–Trinajstić information content (AvgIpc) is 3.32. The number of carbonyl (C=O) groups is 2. The Kier molecular flexibility index (Phi) is 6.76. The molecular weight excluding hydrogens is 423 g/mol. The molecule has 2 bridgehead atoms. The minimum Gasteiger partial charge on any atom is -0.396 e. The summed E-state index contributed by atoms with van der Waals surface area (Å²) in [4.78, 5) is 27.0. The molecule has 2 aliphatic carbocycles. The van der Waals surface area contributed by atoms with Gasteiger partial charge in [0.2, 0.25) is 5.91 Å². The molecule has 1 aliphatic heterocycles. The van der Waals surface area contributed by atoms with E-state index in [2.05, 4.69) is 15.5 Å². The third-order valence-electron chi connectivity index (χ3n) is 7.27. The van der Waals surface area contributed by atoms with Crippen LogP contribution in [0.2, 0.25) is 0 Å². The normalized spacial score (nSPS) is 30.3. The maximum Gasteiger partial charge on any atom is 0.416 e. The number of nitrogens with zero attached hydrogens (tertiary/aromatic N) is 1. The molecule has 0 spiro atoms. The van der Waals surface area contributed by atoms with Crippen molar-refractivity contribution >= 4 is 11.8 Å². The van der Waals surface area contributed by atoms with E-state index in [1.165, 1.54) is 25.0 Å². The smallest absolute Gasteiger partial charge is 0.396 e. The minimum atomic E-state index is -4.53. The van der Waals surface area contributed by atoms with Gasteiger partial charge in [-0.25, -0.2) is 0 Å². The van der Waals surface area contributed by atoms with Gasteiger partial charge in [-0.3, -0.25) is 14.5 Å². The number of benzene rings is 1. The monoisotopic (exact) mass is 453 g/mol. The van der Waals surface area contributed by atoms with Gasteiger partial charge in [0.25, 0.3) is 5.91 Å². The highest BCUT2D eigenvalue weighted by atomic mass is 19.4. The van der Waals surface area contributed by atoms with E-state index in [-0.39, 0.29) is 30.7 Å². The fourth-order valence-electron chi connectivity index (χ4n) is 5.92. The first-order chi connectivity index (χ1) is 15.2. The van der Waals surface area contributed by atoms with Crippen molar-refractivity contribution in [2.45, 2.75) is 50.4 Å². The number of rotatable bonds is 6. The Morgan fingerprint density at radius 1 is 1.12 bits per heavy atom. The Labute approximate surface area is 185 Å². The second-order valence-electron chi connectivity index (χ2n) is 9.42. The summed E-state index contributed by atoms with van der Waals surface area (Å²) in [7, 11) is 0. The van der Waals surface area contributed by atoms with Crippen LogP contribution in [0, 0.1) is 17.8 Å². The molecule has 0 aromatic heterocycles. The molecule has 3 atom stereocenters. The van der Waals surface area contributed by atoms with Gasteiger partial charge in [0, 0.05) is 37.3 Å². The molecular formula is C23H30F3N3O3. The van der Waals surface area contributed by atoms with Gasteiger partial charge in [0.1, 0.15) is 0 Å². The zero-order valence-electron chi connectivity index (χ0n) is 17.9. The van der Waals surface area contributed by atoms with Crippen LogP contribution >= 0.6 is 0 Å². The molecule has 1 aromatic rings. The van der Waals surface area contributed by atoms with Gasteiger partial charge < -0.3 is 15.7 Å². The first-order valence-corrected chi connectivity index (χ1v) is 11.3. The number of aliphatic hydroxyl groups excluding tert-OH is 1. The predicted octanol–water partition coefficient (Wildman–Crippen LogP) is 2.42. The summed E-state index contributed by atoms with van der Waals surface area (Å²) in [6.45, 7) is 1.68. The average molecular weight is 454 g/mol. The Balaban J connectivity index is 1.24. The second kappa shape index (κ2) is 9.39. The highest BCUT2D eigenvalue weighted by Gasteiger charge is 2.46. The van der Waals surface area contributed by atoms with Crippen molar-refractivity contribution in [1.82, 2.24) is 15.5 Å². The minimum absolute atomic E-state index is 0.00271. The number of nitrogens with one attached hydrogen (secondary N) is 2. The summed E-state index contributed by atoms with van der Waals surface area (Å²) < 4.78 is 38.5. The van der Waals surface area contributed by atoms with Crippen LogP contribution in [-0.2, 0) is 11.0 Å². The van der Waals surface area contributed by atoms with Crippen LogP contribution in [-0.4, -0.2) is 60.1 Å². The zero-order chi connectivity index (χ0) is 22.9. The van der Waals surface area contributed by atoms with Gasteiger partial charge in [-0.2, -0.15) is 13.2 Å². The van der Waals surface area contributed by atoms with Gasteiger partial charge >= 0.3 is 6.18 Å². The summed E-state index contributed by atoms with van der Waals surface area (Å²) in [5, 5.41) is 14.9. The van der Waals surface area contributed by atoms with Crippen molar-refractivity contribution in [2.75, 3.05) is 26.2 Å². The molecule has 1 heterocycles. The highest BCUT2D eigenvalue weighted by molar-refractivity contribution is 5.96. The lowest BCUT2D eigenvalue weighted by molar-refractivity contribution is -0.137. The van der Waals surface area contributed by atoms with E-state index in [9.17, 15) is 27.9 Å². The van der Waals surface area contributed by atoms with Gasteiger partial charge in [0.15, 0.2) is 0 Å². The third-order valence-corrected chi connectivity index (χ3v) is 7.27. The summed E-state index contributed by atoms with van der Waals surface area (Å²) in [5.74, 6) is 0.599. The SMILES string of the molecule is O=C(CNC(=O)c1cccc(C(F)(F)F)c1)NC1CCN(C2C3CCC2CC(CO)C3)C1. The standard InChI is InChI=1S/C23H30F3N3O3/c24-23(25,26)18-3-1-2-17(10-18)22(32)27-11-20(31)28-19-6-7-29(12-19)21-15-4-5-16(21)9-14(8-15)13-30/h1-3,10,14-16,19,21,30H,4-9,11-13H2,(H,27,32)(H,28,31). The quantitative estimate of drug-likeness (QED) is 0.618. The molecule has 3 N–H and O–H groups in total. The van der Waals surface area contributed by atoms with E-state index < -0.39 is 17.6 Å². The number of carbonyl (C=O) groups excluding carboxylic acids is 2. The Morgan fingerprint density at radius 3 is 2.50 bits per heavy atom. The lowest BCUT2D eigenvalue weighted by Crippen LogP contribution is -2.47. The topological polar surface area (TPSA) is 81.7 Å². The van der Waals surface area contributed by atoms with Crippen LogP contribution < -0.4 is 10.6 Å². The van der Waals surface area contributed by atoms with Crippen molar-refractivity contribution in [3.63, 3.8) is 0 Å².